The number of nitrogens with zero attached hydrogens (tertiary/aromatic N) is 1. The van der Waals surface area contributed by atoms with Crippen LogP contribution in [0.1, 0.15) is 87.2 Å². The van der Waals surface area contributed by atoms with Crippen molar-refractivity contribution < 1.29 is 24.2 Å². The van der Waals surface area contributed by atoms with Crippen LogP contribution in [-0.4, -0.2) is 41.8 Å². The lowest BCUT2D eigenvalue weighted by molar-refractivity contribution is -0.118. The van der Waals surface area contributed by atoms with Gasteiger partial charge in [-0.2, -0.15) is 0 Å². The average molecular weight is 497 g/mol. The third-order valence-corrected chi connectivity index (χ3v) is 7.61. The van der Waals surface area contributed by atoms with E-state index in [0.29, 0.717) is 24.7 Å². The minimum absolute atomic E-state index is 0.000511. The van der Waals surface area contributed by atoms with Crippen molar-refractivity contribution in [2.45, 2.75) is 71.3 Å². The molecule has 0 unspecified atom stereocenters. The van der Waals surface area contributed by atoms with Gasteiger partial charge in [0.1, 0.15) is 5.56 Å². The van der Waals surface area contributed by atoms with Crippen LogP contribution in [0, 0.1) is 5.41 Å². The van der Waals surface area contributed by atoms with Gasteiger partial charge >= 0.3 is 5.97 Å². The Labute approximate surface area is 211 Å². The smallest absolute Gasteiger partial charge is 0.341 e. The van der Waals surface area contributed by atoms with Crippen LogP contribution in [-0.2, 0) is 4.79 Å². The van der Waals surface area contributed by atoms with Crippen LogP contribution in [0.4, 0.5) is 0 Å². The second-order valence-corrected chi connectivity index (χ2v) is 10.6. The van der Waals surface area contributed by atoms with Crippen LogP contribution in [0.3, 0.4) is 0 Å². The molecule has 0 spiro atoms. The Morgan fingerprint density at radius 2 is 1.89 bits per heavy atom. The van der Waals surface area contributed by atoms with Gasteiger partial charge in [0.25, 0.3) is 0 Å². The van der Waals surface area contributed by atoms with Crippen LogP contribution in [0.2, 0.25) is 0 Å². The number of rotatable bonds is 10. The summed E-state index contributed by atoms with van der Waals surface area (Å²) in [5.74, 6) is 0.270. The summed E-state index contributed by atoms with van der Waals surface area (Å²) in [6, 6.07) is 5.48. The number of carbonyl (C=O) groups is 2. The Balaban J connectivity index is 1.60. The van der Waals surface area contributed by atoms with E-state index in [2.05, 4.69) is 25.2 Å². The first kappa shape index (κ1) is 25.8. The van der Waals surface area contributed by atoms with E-state index in [1.807, 2.05) is 10.6 Å². The number of unbranched alkanes of at least 4 members (excludes halogenated alkanes) is 3. The summed E-state index contributed by atoms with van der Waals surface area (Å²) in [6.45, 7) is 7.20. The van der Waals surface area contributed by atoms with Gasteiger partial charge in [-0.3, -0.25) is 9.59 Å². The van der Waals surface area contributed by atoms with Gasteiger partial charge in [-0.05, 0) is 48.8 Å². The van der Waals surface area contributed by atoms with Crippen LogP contribution in [0.25, 0.3) is 11.3 Å². The maximum absolute atomic E-state index is 12.6. The zero-order valence-corrected chi connectivity index (χ0v) is 21.6. The summed E-state index contributed by atoms with van der Waals surface area (Å²) in [5.41, 5.74) is 1.99. The van der Waals surface area contributed by atoms with E-state index in [4.69, 9.17) is 9.47 Å². The highest BCUT2D eigenvalue weighted by atomic mass is 16.5. The lowest BCUT2D eigenvalue weighted by Gasteiger charge is -2.40. The molecule has 2 aliphatic rings. The molecule has 4 rings (SSSR count). The molecule has 194 valence electrons. The molecule has 1 amide bonds. The standard InChI is InChI=1S/C28H36N2O6/c1-17(31)29-11-7-5-6-8-12-36-25-13-19-18-9-10-28(2,3)26(18)30-16-21(27(33)34)23(32)15-22(30)20(19)14-24(25)35-4/h13-16,18,26H,5-12H2,1-4H3,(H,29,31)(H,33,34)/t18-,26+/m1/s1. The molecule has 0 saturated heterocycles. The summed E-state index contributed by atoms with van der Waals surface area (Å²) in [6.07, 6.45) is 7.37. The number of hydrogen-bond acceptors (Lipinski definition) is 5. The number of pyridine rings is 1. The largest absolute Gasteiger partial charge is 0.493 e. The molecule has 2 atom stereocenters. The Morgan fingerprint density at radius 3 is 2.58 bits per heavy atom. The molecule has 1 aliphatic carbocycles. The van der Waals surface area contributed by atoms with E-state index in [9.17, 15) is 19.5 Å². The third kappa shape index (κ3) is 4.99. The zero-order valence-electron chi connectivity index (χ0n) is 21.6. The first-order valence-corrected chi connectivity index (χ1v) is 12.7. The Kier molecular flexibility index (Phi) is 7.43. The topological polar surface area (TPSA) is 107 Å². The summed E-state index contributed by atoms with van der Waals surface area (Å²) in [7, 11) is 1.60. The molecule has 1 aliphatic heterocycles. The molecule has 2 heterocycles. The molecule has 2 N–H and O–H groups in total. The highest BCUT2D eigenvalue weighted by Crippen LogP contribution is 2.59. The van der Waals surface area contributed by atoms with E-state index >= 15 is 0 Å². The van der Waals surface area contributed by atoms with Gasteiger partial charge in [0, 0.05) is 43.3 Å². The van der Waals surface area contributed by atoms with Crippen LogP contribution in [0.15, 0.2) is 29.2 Å². The summed E-state index contributed by atoms with van der Waals surface area (Å²) < 4.78 is 13.8. The number of methoxy groups -OCH3 is 1. The van der Waals surface area contributed by atoms with Crippen molar-refractivity contribution in [3.05, 3.63) is 45.7 Å². The number of aromatic carboxylic acids is 1. The molecule has 1 aromatic heterocycles. The first-order valence-electron chi connectivity index (χ1n) is 12.7. The van der Waals surface area contributed by atoms with Gasteiger partial charge < -0.3 is 24.5 Å². The third-order valence-electron chi connectivity index (χ3n) is 7.61. The van der Waals surface area contributed by atoms with Crippen molar-refractivity contribution in [1.29, 1.82) is 0 Å². The SMILES string of the molecule is COc1cc2c(cc1OCCCCCCNC(C)=O)[C@H]1CCC(C)(C)[C@H]1n1cc(C(=O)O)c(=O)cc1-2. The predicted octanol–water partition coefficient (Wildman–Crippen LogP) is 4.76. The average Bonchev–Trinajstić information content (AvgIpc) is 3.15. The van der Waals surface area contributed by atoms with Crippen LogP contribution < -0.4 is 20.2 Å². The molecular formula is C28H36N2O6. The van der Waals surface area contributed by atoms with Gasteiger partial charge in [-0.1, -0.05) is 26.7 Å². The summed E-state index contributed by atoms with van der Waals surface area (Å²) >= 11 is 0. The molecule has 8 nitrogen and oxygen atoms in total. The molecule has 8 heteroatoms. The van der Waals surface area contributed by atoms with Crippen molar-refractivity contribution in [2.24, 2.45) is 5.41 Å². The molecule has 2 aromatic rings. The monoisotopic (exact) mass is 496 g/mol. The highest BCUT2D eigenvalue weighted by Gasteiger charge is 2.47. The van der Waals surface area contributed by atoms with Crippen molar-refractivity contribution in [3.8, 4) is 22.8 Å². The molecule has 0 radical (unpaired) electrons. The minimum atomic E-state index is -1.20. The number of nitrogens with one attached hydrogen (secondary N) is 1. The van der Waals surface area contributed by atoms with Crippen LogP contribution in [0.5, 0.6) is 11.5 Å². The zero-order chi connectivity index (χ0) is 26.0. The van der Waals surface area contributed by atoms with Crippen molar-refractivity contribution in [2.75, 3.05) is 20.3 Å². The number of carboxylic acid groups (broad SMARTS) is 1. The maximum atomic E-state index is 12.6. The van der Waals surface area contributed by atoms with Gasteiger partial charge in [-0.25, -0.2) is 4.79 Å². The normalized spacial score (nSPS) is 19.1. The molecular weight excluding hydrogens is 460 g/mol. The number of aromatic nitrogens is 1. The van der Waals surface area contributed by atoms with E-state index in [0.717, 1.165) is 55.3 Å². The van der Waals surface area contributed by atoms with E-state index in [1.165, 1.54) is 19.2 Å². The van der Waals surface area contributed by atoms with Crippen LogP contribution >= 0.6 is 0 Å². The van der Waals surface area contributed by atoms with Crippen molar-refractivity contribution >= 4 is 11.9 Å². The highest BCUT2D eigenvalue weighted by molar-refractivity contribution is 5.88. The second-order valence-electron chi connectivity index (χ2n) is 10.6. The molecule has 36 heavy (non-hydrogen) atoms. The number of benzene rings is 1. The van der Waals surface area contributed by atoms with E-state index in [1.54, 1.807) is 7.11 Å². The van der Waals surface area contributed by atoms with Gasteiger partial charge in [0.05, 0.1) is 19.4 Å². The lowest BCUT2D eigenvalue weighted by atomic mass is 9.77. The van der Waals surface area contributed by atoms with Crippen molar-refractivity contribution in [3.63, 3.8) is 0 Å². The Bertz CT molecular complexity index is 1220. The molecule has 1 fully saturated rings. The van der Waals surface area contributed by atoms with Crippen molar-refractivity contribution in [1.82, 2.24) is 9.88 Å². The van der Waals surface area contributed by atoms with E-state index in [-0.39, 0.29) is 28.8 Å². The number of ether oxygens (including phenoxy) is 2. The maximum Gasteiger partial charge on any atom is 0.341 e. The molecule has 0 bridgehead atoms. The summed E-state index contributed by atoms with van der Waals surface area (Å²) in [4.78, 5) is 35.3. The number of fused-ring (bicyclic) bond motifs is 6. The lowest BCUT2D eigenvalue weighted by Crippen LogP contribution is -2.32. The molecule has 1 aromatic carbocycles. The Hall–Kier alpha value is -3.29. The van der Waals surface area contributed by atoms with Gasteiger partial charge in [-0.15, -0.1) is 0 Å². The number of amides is 1. The minimum Gasteiger partial charge on any atom is -0.493 e. The van der Waals surface area contributed by atoms with Gasteiger partial charge in [0.2, 0.25) is 5.91 Å². The second kappa shape index (κ2) is 10.4. The number of hydrogen-bond donors (Lipinski definition) is 2. The fourth-order valence-electron chi connectivity index (χ4n) is 5.83. The first-order chi connectivity index (χ1) is 17.1. The summed E-state index contributed by atoms with van der Waals surface area (Å²) in [5, 5.41) is 12.4. The predicted molar refractivity (Wildman–Crippen MR) is 137 cm³/mol. The number of carbonyl (C=O) groups excluding carboxylic acids is 1. The Morgan fingerprint density at radius 1 is 1.14 bits per heavy atom. The number of carboxylic acids is 1. The van der Waals surface area contributed by atoms with Gasteiger partial charge in [0.15, 0.2) is 16.9 Å². The van der Waals surface area contributed by atoms with E-state index < -0.39 is 11.4 Å². The molecule has 1 saturated carbocycles. The quantitative estimate of drug-likeness (QED) is 0.460. The fourth-order valence-corrected chi connectivity index (χ4v) is 5.83. The fraction of sp³-hybridized carbons (Fsp3) is 0.536.